The molecule has 5 heterocycles. The van der Waals surface area contributed by atoms with E-state index in [0.717, 1.165) is 18.5 Å². The highest BCUT2D eigenvalue weighted by Gasteiger charge is 2.45. The van der Waals surface area contributed by atoms with E-state index in [1.54, 1.807) is 10.7 Å². The van der Waals surface area contributed by atoms with Crippen molar-refractivity contribution in [3.8, 4) is 0 Å². The second-order valence-electron chi connectivity index (χ2n) is 11.6. The molecule has 5 atom stereocenters. The third-order valence-electron chi connectivity index (χ3n) is 8.88. The summed E-state index contributed by atoms with van der Waals surface area (Å²) in [6.45, 7) is 0.820. The first-order chi connectivity index (χ1) is 18.4. The van der Waals surface area contributed by atoms with E-state index in [4.69, 9.17) is 15.6 Å². The van der Waals surface area contributed by atoms with Crippen LogP contribution in [0.4, 0.5) is 27.6 Å². The Hall–Kier alpha value is -2.54. The van der Waals surface area contributed by atoms with Gasteiger partial charge in [0.25, 0.3) is 0 Å². The lowest BCUT2D eigenvalue weighted by Crippen LogP contribution is -2.47. The number of amides is 1. The van der Waals surface area contributed by atoms with E-state index < -0.39 is 42.4 Å². The Morgan fingerprint density at radius 1 is 1.15 bits per heavy atom. The average Bonchev–Trinajstić information content (AvgIpc) is 3.45. The molecule has 3 saturated heterocycles. The van der Waals surface area contributed by atoms with Crippen molar-refractivity contribution in [1.29, 1.82) is 0 Å². The van der Waals surface area contributed by atoms with Crippen molar-refractivity contribution in [2.75, 3.05) is 24.5 Å². The summed E-state index contributed by atoms with van der Waals surface area (Å²) in [7, 11) is 0. The van der Waals surface area contributed by atoms with E-state index in [2.05, 4.69) is 15.2 Å². The van der Waals surface area contributed by atoms with Gasteiger partial charge in [-0.25, -0.2) is 18.3 Å². The fraction of sp³-hybridized carbons (Fsp3) is 0.731. The van der Waals surface area contributed by atoms with Gasteiger partial charge in [-0.1, -0.05) is 0 Å². The lowest BCUT2D eigenvalue weighted by Gasteiger charge is -2.35. The molecular weight excluding hydrogens is 523 g/mol. The van der Waals surface area contributed by atoms with Crippen molar-refractivity contribution >= 4 is 17.2 Å². The Morgan fingerprint density at radius 3 is 2.51 bits per heavy atom. The molecule has 2 aromatic heterocycles. The van der Waals surface area contributed by atoms with Crippen molar-refractivity contribution in [2.24, 2.45) is 23.5 Å². The van der Waals surface area contributed by atoms with E-state index in [0.29, 0.717) is 43.0 Å². The number of carbonyl (C=O) groups is 1. The molecule has 3 N–H and O–H groups in total. The summed E-state index contributed by atoms with van der Waals surface area (Å²) < 4.78 is 75.3. The number of ether oxygens (including phenoxy) is 1. The fourth-order valence-corrected chi connectivity index (χ4v) is 6.58. The number of hydrogen-bond donors (Lipinski definition) is 2. The zero-order valence-corrected chi connectivity index (χ0v) is 21.5. The number of morpholine rings is 1. The van der Waals surface area contributed by atoms with Gasteiger partial charge in [0, 0.05) is 50.9 Å². The second-order valence-corrected chi connectivity index (χ2v) is 11.6. The second kappa shape index (κ2) is 9.83. The molecule has 1 aliphatic carbocycles. The summed E-state index contributed by atoms with van der Waals surface area (Å²) in [6.07, 6.45) is -0.763. The Morgan fingerprint density at radius 2 is 1.85 bits per heavy atom. The number of fused-ring (bicyclic) bond motifs is 3. The molecule has 2 aromatic rings. The Bertz CT molecular complexity index is 1210. The minimum absolute atomic E-state index is 0.0493. The van der Waals surface area contributed by atoms with Gasteiger partial charge >= 0.3 is 6.18 Å². The van der Waals surface area contributed by atoms with Crippen molar-refractivity contribution in [1.82, 2.24) is 19.9 Å². The predicted molar refractivity (Wildman–Crippen MR) is 131 cm³/mol. The van der Waals surface area contributed by atoms with E-state index in [9.17, 15) is 26.7 Å². The van der Waals surface area contributed by atoms with Crippen molar-refractivity contribution < 1.29 is 31.5 Å². The van der Waals surface area contributed by atoms with Crippen LogP contribution < -0.4 is 16.0 Å². The third-order valence-corrected chi connectivity index (χ3v) is 8.88. The summed E-state index contributed by atoms with van der Waals surface area (Å²) in [6, 6.07) is 1.31. The Balaban J connectivity index is 1.31. The van der Waals surface area contributed by atoms with Crippen LogP contribution in [0, 0.1) is 17.8 Å². The molecule has 0 aromatic carbocycles. The number of aromatic nitrogens is 3. The minimum atomic E-state index is -4.39. The van der Waals surface area contributed by atoms with Gasteiger partial charge < -0.3 is 20.7 Å². The highest BCUT2D eigenvalue weighted by molar-refractivity contribution is 5.80. The quantitative estimate of drug-likeness (QED) is 0.545. The van der Waals surface area contributed by atoms with Crippen LogP contribution in [0.5, 0.6) is 0 Å². The molecule has 13 heteroatoms. The number of rotatable bonds is 5. The van der Waals surface area contributed by atoms with Crippen LogP contribution in [-0.4, -0.2) is 64.4 Å². The summed E-state index contributed by atoms with van der Waals surface area (Å²) in [5.41, 5.74) is 8.77. The van der Waals surface area contributed by atoms with E-state index in [1.165, 1.54) is 0 Å². The maximum atomic E-state index is 13.7. The van der Waals surface area contributed by atoms with Gasteiger partial charge in [-0.15, -0.1) is 0 Å². The van der Waals surface area contributed by atoms with E-state index in [1.807, 2.05) is 6.07 Å². The number of anilines is 1. The number of alkyl halides is 5. The number of nitrogens with zero attached hydrogens (tertiary/aromatic N) is 4. The zero-order valence-electron chi connectivity index (χ0n) is 21.5. The largest absolute Gasteiger partial charge is 0.393 e. The Kier molecular flexibility index (Phi) is 6.72. The Labute approximate surface area is 222 Å². The molecule has 214 valence electrons. The molecule has 4 fully saturated rings. The monoisotopic (exact) mass is 556 g/mol. The first-order valence-electron chi connectivity index (χ1n) is 13.7. The molecule has 1 saturated carbocycles. The first kappa shape index (κ1) is 26.7. The molecule has 8 nitrogen and oxygen atoms in total. The number of carbonyl (C=O) groups excluding carboxylic acids is 1. The third kappa shape index (κ3) is 5.44. The predicted octanol–water partition coefficient (Wildman–Crippen LogP) is 3.78. The number of imidazole rings is 1. The molecule has 0 radical (unpaired) electrons. The molecule has 2 unspecified atom stereocenters. The first-order valence-corrected chi connectivity index (χ1v) is 13.7. The molecule has 4 aliphatic rings. The van der Waals surface area contributed by atoms with Gasteiger partial charge in [-0.3, -0.25) is 4.79 Å². The van der Waals surface area contributed by atoms with E-state index >= 15 is 0 Å². The van der Waals surface area contributed by atoms with Crippen molar-refractivity contribution in [2.45, 2.75) is 81.7 Å². The molecular formula is C26H33F5N6O2. The van der Waals surface area contributed by atoms with Crippen LogP contribution in [0.15, 0.2) is 12.3 Å². The highest BCUT2D eigenvalue weighted by atomic mass is 19.4. The average molecular weight is 557 g/mol. The number of nitrogens with one attached hydrogen (secondary N) is 1. The standard InChI is InChI=1S/C26H33F5N6O2/c27-25(28)5-3-14(4-6-25)23(32)20-13-37-22(34-20)9-21(36-11-17-1-2-18(12-36)39-17)19(35-37)8-15-7-16(26(29,30)31)10-33-24(15)38/h9,13-18,23H,1-8,10-12,32H2,(H,33,38)/t15-,16-,17?,18?,23+/m1/s1. The van der Waals surface area contributed by atoms with Crippen LogP contribution in [0.1, 0.15) is 62.4 Å². The summed E-state index contributed by atoms with van der Waals surface area (Å²) >= 11 is 0. The molecule has 6 rings (SSSR count). The summed E-state index contributed by atoms with van der Waals surface area (Å²) in [5.74, 6) is -5.68. The fourth-order valence-electron chi connectivity index (χ4n) is 6.58. The summed E-state index contributed by atoms with van der Waals surface area (Å²) in [4.78, 5) is 19.4. The SMILES string of the molecule is N[C@H](c1cn2nc(C[C@H]3C[C@@H](C(F)(F)F)CNC3=O)c(N3CC4CCC(C3)O4)cc2n1)C1CCC(F)(F)CC1. The van der Waals surface area contributed by atoms with Crippen LogP contribution in [0.3, 0.4) is 0 Å². The maximum absolute atomic E-state index is 13.7. The maximum Gasteiger partial charge on any atom is 0.393 e. The molecule has 2 bridgehead atoms. The number of piperidine rings is 1. The summed E-state index contributed by atoms with van der Waals surface area (Å²) in [5, 5.41) is 7.16. The van der Waals surface area contributed by atoms with Crippen LogP contribution >= 0.6 is 0 Å². The van der Waals surface area contributed by atoms with Crippen molar-refractivity contribution in [3.63, 3.8) is 0 Å². The van der Waals surface area contributed by atoms with Crippen LogP contribution in [-0.2, 0) is 16.0 Å². The number of halogens is 5. The highest BCUT2D eigenvalue weighted by Crippen LogP contribution is 2.41. The lowest BCUT2D eigenvalue weighted by atomic mass is 9.81. The van der Waals surface area contributed by atoms with Gasteiger partial charge in [0.2, 0.25) is 11.8 Å². The molecule has 0 spiro atoms. The minimum Gasteiger partial charge on any atom is -0.371 e. The van der Waals surface area contributed by atoms with Crippen molar-refractivity contribution in [3.05, 3.63) is 23.7 Å². The van der Waals surface area contributed by atoms with Gasteiger partial charge in [0.05, 0.1) is 47.4 Å². The zero-order chi connectivity index (χ0) is 27.5. The molecule has 3 aliphatic heterocycles. The van der Waals surface area contributed by atoms with Gasteiger partial charge in [0.1, 0.15) is 0 Å². The normalized spacial score (nSPS) is 30.5. The van der Waals surface area contributed by atoms with Crippen LogP contribution in [0.2, 0.25) is 0 Å². The van der Waals surface area contributed by atoms with Gasteiger partial charge in [0.15, 0.2) is 5.65 Å². The number of nitrogens with two attached hydrogens (primary N) is 1. The molecule has 1 amide bonds. The smallest absolute Gasteiger partial charge is 0.371 e. The van der Waals surface area contributed by atoms with Crippen LogP contribution in [0.25, 0.3) is 5.65 Å². The van der Waals surface area contributed by atoms with Gasteiger partial charge in [-0.2, -0.15) is 18.3 Å². The lowest BCUT2D eigenvalue weighted by molar-refractivity contribution is -0.183. The molecule has 39 heavy (non-hydrogen) atoms. The van der Waals surface area contributed by atoms with E-state index in [-0.39, 0.29) is 43.8 Å². The number of hydrogen-bond acceptors (Lipinski definition) is 6. The topological polar surface area (TPSA) is 97.8 Å². The van der Waals surface area contributed by atoms with Gasteiger partial charge in [-0.05, 0) is 38.0 Å².